The van der Waals surface area contributed by atoms with Crippen molar-refractivity contribution in [2.75, 3.05) is 25.3 Å². The molecule has 0 atom stereocenters. The average molecular weight is 389 g/mol. The molecule has 2 aromatic heterocycles. The Labute approximate surface area is 158 Å². The summed E-state index contributed by atoms with van der Waals surface area (Å²) in [6, 6.07) is 4.86. The molecule has 0 spiro atoms. The summed E-state index contributed by atoms with van der Waals surface area (Å²) >= 11 is 0. The summed E-state index contributed by atoms with van der Waals surface area (Å²) < 4.78 is 30.8. The molecule has 3 aromatic rings. The fourth-order valence-corrected chi connectivity index (χ4v) is 3.61. The second kappa shape index (κ2) is 7.61. The first-order valence-corrected chi connectivity index (χ1v) is 10.4. The highest BCUT2D eigenvalue weighted by molar-refractivity contribution is 7.90. The summed E-state index contributed by atoms with van der Waals surface area (Å²) in [6.07, 6.45) is 2.65. The van der Waals surface area contributed by atoms with Crippen LogP contribution in [0.4, 0.5) is 5.82 Å². The van der Waals surface area contributed by atoms with Crippen LogP contribution in [0.5, 0.6) is 0 Å². The van der Waals surface area contributed by atoms with Crippen LogP contribution in [0.25, 0.3) is 10.9 Å². The minimum Gasteiger partial charge on any atom is -0.383 e. The largest absolute Gasteiger partial charge is 0.383 e. The van der Waals surface area contributed by atoms with Crippen molar-refractivity contribution in [3.8, 4) is 0 Å². The maximum Gasteiger partial charge on any atom is 0.175 e. The Bertz CT molecular complexity index is 1080. The zero-order valence-electron chi connectivity index (χ0n) is 15.9. The van der Waals surface area contributed by atoms with Gasteiger partial charge in [0.15, 0.2) is 9.84 Å². The molecule has 0 aliphatic carbocycles. The lowest BCUT2D eigenvalue weighted by Gasteiger charge is -2.10. The third kappa shape index (κ3) is 4.09. The van der Waals surface area contributed by atoms with E-state index in [0.717, 1.165) is 17.0 Å². The molecule has 0 aliphatic heterocycles. The van der Waals surface area contributed by atoms with Gasteiger partial charge in [-0.1, -0.05) is 0 Å². The molecule has 1 aromatic carbocycles. The second-order valence-electron chi connectivity index (χ2n) is 6.39. The molecule has 0 saturated heterocycles. The number of hydrogen-bond acceptors (Lipinski definition) is 7. The molecule has 8 nitrogen and oxygen atoms in total. The molecule has 2 heterocycles. The van der Waals surface area contributed by atoms with Gasteiger partial charge < -0.3 is 10.1 Å². The van der Waals surface area contributed by atoms with Crippen LogP contribution in [0.3, 0.4) is 0 Å². The van der Waals surface area contributed by atoms with E-state index in [2.05, 4.69) is 20.4 Å². The molecule has 27 heavy (non-hydrogen) atoms. The van der Waals surface area contributed by atoms with Crippen molar-refractivity contribution in [2.45, 2.75) is 31.8 Å². The van der Waals surface area contributed by atoms with Gasteiger partial charge in [0.1, 0.15) is 12.1 Å². The van der Waals surface area contributed by atoms with Gasteiger partial charge in [-0.2, -0.15) is 5.10 Å². The fraction of sp³-hybridized carbons (Fsp3) is 0.389. The first-order valence-electron chi connectivity index (χ1n) is 8.51. The first-order chi connectivity index (χ1) is 12.8. The predicted octanol–water partition coefficient (Wildman–Crippen LogP) is 2.11. The van der Waals surface area contributed by atoms with Crippen molar-refractivity contribution in [1.29, 1.82) is 0 Å². The molecule has 0 amide bonds. The average Bonchev–Trinajstić information content (AvgIpc) is 2.90. The van der Waals surface area contributed by atoms with E-state index in [0.29, 0.717) is 36.4 Å². The first kappa shape index (κ1) is 19.2. The smallest absolute Gasteiger partial charge is 0.175 e. The third-order valence-corrected chi connectivity index (χ3v) is 5.62. The molecule has 0 aliphatic rings. The lowest BCUT2D eigenvalue weighted by Crippen LogP contribution is -2.09. The van der Waals surface area contributed by atoms with Gasteiger partial charge in [0, 0.05) is 36.6 Å². The predicted molar refractivity (Wildman–Crippen MR) is 104 cm³/mol. The van der Waals surface area contributed by atoms with E-state index in [4.69, 9.17) is 4.74 Å². The zero-order valence-corrected chi connectivity index (χ0v) is 16.7. The highest BCUT2D eigenvalue weighted by Gasteiger charge is 2.14. The number of fused-ring (bicyclic) bond motifs is 1. The van der Waals surface area contributed by atoms with Gasteiger partial charge in [0.05, 0.1) is 29.3 Å². The van der Waals surface area contributed by atoms with Crippen molar-refractivity contribution in [3.63, 3.8) is 0 Å². The van der Waals surface area contributed by atoms with Crippen molar-refractivity contribution in [1.82, 2.24) is 19.7 Å². The number of rotatable bonds is 7. The Kier molecular flexibility index (Phi) is 5.43. The van der Waals surface area contributed by atoms with E-state index in [1.165, 1.54) is 12.6 Å². The highest BCUT2D eigenvalue weighted by atomic mass is 32.2. The molecular formula is C18H23N5O3S. The van der Waals surface area contributed by atoms with Crippen molar-refractivity contribution in [3.05, 3.63) is 41.5 Å². The van der Waals surface area contributed by atoms with Crippen molar-refractivity contribution in [2.24, 2.45) is 0 Å². The van der Waals surface area contributed by atoms with Crippen LogP contribution in [0, 0.1) is 13.8 Å². The molecule has 0 radical (unpaired) electrons. The molecule has 0 bridgehead atoms. The lowest BCUT2D eigenvalue weighted by molar-refractivity contribution is 0.182. The van der Waals surface area contributed by atoms with Crippen LogP contribution in [0.15, 0.2) is 29.4 Å². The number of anilines is 1. The highest BCUT2D eigenvalue weighted by Crippen LogP contribution is 2.24. The molecular weight excluding hydrogens is 366 g/mol. The van der Waals surface area contributed by atoms with Crippen LogP contribution in [0.2, 0.25) is 0 Å². The minimum atomic E-state index is -3.31. The standard InChI is InChI=1S/C18H23N5O3S/c1-12-16(13(2)23(22-12)7-8-26-3)10-19-18-15-9-14(27(4,24)25)5-6-17(15)20-11-21-18/h5-6,9,11H,7-8,10H2,1-4H3,(H,19,20,21). The van der Waals surface area contributed by atoms with E-state index in [1.54, 1.807) is 25.3 Å². The number of hydrogen-bond donors (Lipinski definition) is 1. The number of sulfone groups is 1. The van der Waals surface area contributed by atoms with Crippen LogP contribution in [0.1, 0.15) is 17.0 Å². The fourth-order valence-electron chi connectivity index (χ4n) is 2.96. The molecule has 0 fully saturated rings. The van der Waals surface area contributed by atoms with Gasteiger partial charge >= 0.3 is 0 Å². The van der Waals surface area contributed by atoms with Gasteiger partial charge in [-0.15, -0.1) is 0 Å². The summed E-state index contributed by atoms with van der Waals surface area (Å²) in [4.78, 5) is 8.76. The summed E-state index contributed by atoms with van der Waals surface area (Å²) in [5.41, 5.74) is 3.76. The number of nitrogens with zero attached hydrogens (tertiary/aromatic N) is 4. The van der Waals surface area contributed by atoms with Crippen LogP contribution < -0.4 is 5.32 Å². The molecule has 0 unspecified atom stereocenters. The lowest BCUT2D eigenvalue weighted by atomic mass is 10.2. The number of methoxy groups -OCH3 is 1. The number of nitrogens with one attached hydrogen (secondary N) is 1. The summed E-state index contributed by atoms with van der Waals surface area (Å²) in [5, 5.41) is 8.53. The zero-order chi connectivity index (χ0) is 19.6. The van der Waals surface area contributed by atoms with E-state index in [-0.39, 0.29) is 4.90 Å². The molecule has 1 N–H and O–H groups in total. The third-order valence-electron chi connectivity index (χ3n) is 4.51. The molecule has 0 saturated carbocycles. The molecule has 3 rings (SSSR count). The monoisotopic (exact) mass is 389 g/mol. The van der Waals surface area contributed by atoms with E-state index >= 15 is 0 Å². The molecule has 144 valence electrons. The normalized spacial score (nSPS) is 11.9. The van der Waals surface area contributed by atoms with E-state index in [9.17, 15) is 8.42 Å². The van der Waals surface area contributed by atoms with E-state index in [1.807, 2.05) is 18.5 Å². The van der Waals surface area contributed by atoms with Crippen LogP contribution in [-0.4, -0.2) is 48.1 Å². The number of aromatic nitrogens is 4. The SMILES string of the molecule is COCCn1nc(C)c(CNc2ncnc3ccc(S(C)(=O)=O)cc23)c1C. The maximum absolute atomic E-state index is 11.9. The van der Waals surface area contributed by atoms with Gasteiger partial charge in [0.2, 0.25) is 0 Å². The quantitative estimate of drug-likeness (QED) is 0.661. The summed E-state index contributed by atoms with van der Waals surface area (Å²) in [7, 11) is -1.64. The minimum absolute atomic E-state index is 0.243. The van der Waals surface area contributed by atoms with Crippen LogP contribution in [-0.2, 0) is 27.7 Å². The number of benzene rings is 1. The van der Waals surface area contributed by atoms with Gasteiger partial charge in [-0.25, -0.2) is 18.4 Å². The maximum atomic E-state index is 11.9. The number of aryl methyl sites for hydroxylation is 1. The number of ether oxygens (including phenoxy) is 1. The van der Waals surface area contributed by atoms with Gasteiger partial charge in [0.25, 0.3) is 0 Å². The molecule has 9 heteroatoms. The summed E-state index contributed by atoms with van der Waals surface area (Å²) in [5.74, 6) is 0.592. The van der Waals surface area contributed by atoms with Crippen molar-refractivity contribution >= 4 is 26.6 Å². The Balaban J connectivity index is 1.90. The Hall–Kier alpha value is -2.52. The Morgan fingerprint density at radius 1 is 1.22 bits per heavy atom. The topological polar surface area (TPSA) is 99.0 Å². The summed E-state index contributed by atoms with van der Waals surface area (Å²) in [6.45, 7) is 5.80. The Morgan fingerprint density at radius 2 is 2.00 bits per heavy atom. The van der Waals surface area contributed by atoms with Gasteiger partial charge in [-0.05, 0) is 32.0 Å². The second-order valence-corrected chi connectivity index (χ2v) is 8.41. The van der Waals surface area contributed by atoms with Crippen LogP contribution >= 0.6 is 0 Å². The van der Waals surface area contributed by atoms with Crippen molar-refractivity contribution < 1.29 is 13.2 Å². The van der Waals surface area contributed by atoms with Gasteiger partial charge in [-0.3, -0.25) is 4.68 Å². The van der Waals surface area contributed by atoms with E-state index < -0.39 is 9.84 Å². The Morgan fingerprint density at radius 3 is 2.70 bits per heavy atom.